The van der Waals surface area contributed by atoms with E-state index < -0.39 is 0 Å². The van der Waals surface area contributed by atoms with Crippen LogP contribution in [-0.4, -0.2) is 37.6 Å². The molecule has 1 aliphatic carbocycles. The zero-order chi connectivity index (χ0) is 12.1. The Kier molecular flexibility index (Phi) is 7.59. The smallest absolute Gasteiger partial charge is 0.00884 e. The number of hydrogen-bond acceptors (Lipinski definition) is 2. The van der Waals surface area contributed by atoms with Crippen LogP contribution in [0.4, 0.5) is 0 Å². The molecular formula is C15H31ClN2. The van der Waals surface area contributed by atoms with E-state index in [4.69, 9.17) is 0 Å². The molecule has 18 heavy (non-hydrogen) atoms. The first-order valence-corrected chi connectivity index (χ1v) is 7.67. The van der Waals surface area contributed by atoms with Crippen LogP contribution in [-0.2, 0) is 0 Å². The zero-order valence-electron chi connectivity index (χ0n) is 12.2. The Morgan fingerprint density at radius 2 is 1.83 bits per heavy atom. The monoisotopic (exact) mass is 274 g/mol. The Labute approximate surface area is 119 Å². The number of likely N-dealkylation sites (tertiary alicyclic amines) is 1. The van der Waals surface area contributed by atoms with Gasteiger partial charge in [0.1, 0.15) is 0 Å². The Bertz CT molecular complexity index is 215. The van der Waals surface area contributed by atoms with E-state index in [0.717, 1.165) is 17.9 Å². The molecule has 2 rings (SSSR count). The topological polar surface area (TPSA) is 15.3 Å². The largest absolute Gasteiger partial charge is 0.317 e. The molecule has 0 aromatic rings. The number of rotatable bonds is 4. The summed E-state index contributed by atoms with van der Waals surface area (Å²) in [7, 11) is 2.10. The fourth-order valence-corrected chi connectivity index (χ4v) is 3.63. The second-order valence-electron chi connectivity index (χ2n) is 6.33. The predicted molar refractivity (Wildman–Crippen MR) is 81.5 cm³/mol. The Morgan fingerprint density at radius 3 is 2.44 bits per heavy atom. The van der Waals surface area contributed by atoms with Gasteiger partial charge in [-0.2, -0.15) is 0 Å². The molecule has 3 heteroatoms. The van der Waals surface area contributed by atoms with Crippen LogP contribution in [0.1, 0.15) is 51.9 Å². The molecule has 0 spiro atoms. The SMILES string of the molecule is CNC1CCN(CCC2CCCC(C)C2)CC1.Cl. The summed E-state index contributed by atoms with van der Waals surface area (Å²) < 4.78 is 0. The van der Waals surface area contributed by atoms with Gasteiger partial charge in [0.15, 0.2) is 0 Å². The van der Waals surface area contributed by atoms with Crippen LogP contribution in [0.25, 0.3) is 0 Å². The molecule has 0 bridgehead atoms. The number of halogens is 1. The highest BCUT2D eigenvalue weighted by molar-refractivity contribution is 5.85. The molecule has 0 aromatic heterocycles. The van der Waals surface area contributed by atoms with Crippen molar-refractivity contribution in [2.75, 3.05) is 26.7 Å². The molecule has 1 saturated carbocycles. The normalized spacial score (nSPS) is 31.0. The van der Waals surface area contributed by atoms with Crippen LogP contribution in [0.15, 0.2) is 0 Å². The van der Waals surface area contributed by atoms with E-state index >= 15 is 0 Å². The van der Waals surface area contributed by atoms with Crippen molar-refractivity contribution in [3.8, 4) is 0 Å². The van der Waals surface area contributed by atoms with Gasteiger partial charge in [0.25, 0.3) is 0 Å². The lowest BCUT2D eigenvalue weighted by Crippen LogP contribution is -2.41. The van der Waals surface area contributed by atoms with Gasteiger partial charge >= 0.3 is 0 Å². The highest BCUT2D eigenvalue weighted by Gasteiger charge is 2.21. The highest BCUT2D eigenvalue weighted by Crippen LogP contribution is 2.30. The molecule has 1 heterocycles. The van der Waals surface area contributed by atoms with E-state index in [0.29, 0.717) is 0 Å². The van der Waals surface area contributed by atoms with Crippen LogP contribution in [0.3, 0.4) is 0 Å². The third-order valence-corrected chi connectivity index (χ3v) is 4.89. The van der Waals surface area contributed by atoms with Crippen LogP contribution < -0.4 is 5.32 Å². The number of nitrogens with one attached hydrogen (secondary N) is 1. The van der Waals surface area contributed by atoms with Gasteiger partial charge in [-0.25, -0.2) is 0 Å². The molecule has 0 amide bonds. The lowest BCUT2D eigenvalue weighted by Gasteiger charge is -2.34. The molecule has 0 radical (unpaired) electrons. The van der Waals surface area contributed by atoms with E-state index in [9.17, 15) is 0 Å². The summed E-state index contributed by atoms with van der Waals surface area (Å²) >= 11 is 0. The van der Waals surface area contributed by atoms with E-state index in [2.05, 4.69) is 24.2 Å². The van der Waals surface area contributed by atoms with Crippen molar-refractivity contribution in [2.45, 2.75) is 57.9 Å². The van der Waals surface area contributed by atoms with Crippen LogP contribution in [0, 0.1) is 11.8 Å². The van der Waals surface area contributed by atoms with Crippen molar-refractivity contribution in [3.05, 3.63) is 0 Å². The standard InChI is InChI=1S/C15H30N2.ClH/c1-13-4-3-5-14(12-13)6-9-17-10-7-15(16-2)8-11-17;/h13-16H,3-12H2,1-2H3;1H. The Morgan fingerprint density at radius 1 is 1.11 bits per heavy atom. The van der Waals surface area contributed by atoms with Gasteiger partial charge in [-0.1, -0.05) is 26.2 Å². The van der Waals surface area contributed by atoms with Crippen molar-refractivity contribution in [2.24, 2.45) is 11.8 Å². The van der Waals surface area contributed by atoms with Gasteiger partial charge in [0, 0.05) is 6.04 Å². The minimum atomic E-state index is 0. The molecule has 2 aliphatic rings. The fourth-order valence-electron chi connectivity index (χ4n) is 3.63. The van der Waals surface area contributed by atoms with E-state index in [1.165, 1.54) is 64.6 Å². The van der Waals surface area contributed by atoms with Crippen molar-refractivity contribution in [1.82, 2.24) is 10.2 Å². The third-order valence-electron chi connectivity index (χ3n) is 4.89. The first-order valence-electron chi connectivity index (χ1n) is 7.67. The zero-order valence-corrected chi connectivity index (χ0v) is 13.0. The molecule has 108 valence electrons. The number of hydrogen-bond donors (Lipinski definition) is 1. The lowest BCUT2D eigenvalue weighted by atomic mass is 9.81. The third kappa shape index (κ3) is 5.07. The second kappa shape index (κ2) is 8.39. The van der Waals surface area contributed by atoms with E-state index in [1.807, 2.05) is 0 Å². The number of nitrogens with zero attached hydrogens (tertiary/aromatic N) is 1. The molecular weight excluding hydrogens is 244 g/mol. The second-order valence-corrected chi connectivity index (χ2v) is 6.33. The molecule has 2 fully saturated rings. The Hall–Kier alpha value is 0.210. The molecule has 1 saturated heterocycles. The quantitative estimate of drug-likeness (QED) is 0.846. The summed E-state index contributed by atoms with van der Waals surface area (Å²) in [6.45, 7) is 6.42. The predicted octanol–water partition coefficient (Wildman–Crippen LogP) is 3.31. The first-order chi connectivity index (χ1) is 8.28. The first kappa shape index (κ1) is 16.3. The summed E-state index contributed by atoms with van der Waals surface area (Å²) in [5.41, 5.74) is 0. The Balaban J connectivity index is 0.00000162. The molecule has 1 N–H and O–H groups in total. The maximum Gasteiger partial charge on any atom is 0.00884 e. The number of piperidine rings is 1. The van der Waals surface area contributed by atoms with Crippen LogP contribution >= 0.6 is 12.4 Å². The van der Waals surface area contributed by atoms with Gasteiger partial charge in [0.05, 0.1) is 0 Å². The van der Waals surface area contributed by atoms with Crippen LogP contribution in [0.5, 0.6) is 0 Å². The minimum Gasteiger partial charge on any atom is -0.317 e. The average molecular weight is 275 g/mol. The van der Waals surface area contributed by atoms with Gasteiger partial charge < -0.3 is 10.2 Å². The fraction of sp³-hybridized carbons (Fsp3) is 1.00. The van der Waals surface area contributed by atoms with Crippen molar-refractivity contribution in [1.29, 1.82) is 0 Å². The summed E-state index contributed by atoms with van der Waals surface area (Å²) in [4.78, 5) is 2.69. The summed E-state index contributed by atoms with van der Waals surface area (Å²) in [5, 5.41) is 3.41. The summed E-state index contributed by atoms with van der Waals surface area (Å²) in [5.74, 6) is 2.02. The molecule has 1 aliphatic heterocycles. The van der Waals surface area contributed by atoms with Crippen LogP contribution in [0.2, 0.25) is 0 Å². The highest BCUT2D eigenvalue weighted by atomic mass is 35.5. The lowest BCUT2D eigenvalue weighted by molar-refractivity contribution is 0.173. The minimum absolute atomic E-state index is 0. The van der Waals surface area contributed by atoms with Crippen molar-refractivity contribution >= 4 is 12.4 Å². The van der Waals surface area contributed by atoms with Gasteiger partial charge in [-0.3, -0.25) is 0 Å². The molecule has 2 atom stereocenters. The summed E-state index contributed by atoms with van der Waals surface area (Å²) in [6.07, 6.45) is 10.1. The average Bonchev–Trinajstić information content (AvgIpc) is 2.37. The molecule has 0 aromatic carbocycles. The molecule has 2 unspecified atom stereocenters. The summed E-state index contributed by atoms with van der Waals surface area (Å²) in [6, 6.07) is 0.779. The van der Waals surface area contributed by atoms with E-state index in [-0.39, 0.29) is 12.4 Å². The van der Waals surface area contributed by atoms with Crippen molar-refractivity contribution < 1.29 is 0 Å². The van der Waals surface area contributed by atoms with E-state index in [1.54, 1.807) is 0 Å². The molecule has 2 nitrogen and oxygen atoms in total. The van der Waals surface area contributed by atoms with Gasteiger partial charge in [0.2, 0.25) is 0 Å². The van der Waals surface area contributed by atoms with Gasteiger partial charge in [-0.15, -0.1) is 12.4 Å². The maximum absolute atomic E-state index is 3.41. The van der Waals surface area contributed by atoms with Gasteiger partial charge in [-0.05, 0) is 64.2 Å². The van der Waals surface area contributed by atoms with Crippen molar-refractivity contribution in [3.63, 3.8) is 0 Å². The maximum atomic E-state index is 3.41.